The Bertz CT molecular complexity index is 805. The number of hydrogen-bond donors (Lipinski definition) is 1. The summed E-state index contributed by atoms with van der Waals surface area (Å²) in [4.78, 5) is 23.9. The molecule has 1 amide bonds. The van der Waals surface area contributed by atoms with E-state index in [0.717, 1.165) is 23.9 Å². The second-order valence-electron chi connectivity index (χ2n) is 4.70. The van der Waals surface area contributed by atoms with E-state index in [1.165, 1.54) is 0 Å². The van der Waals surface area contributed by atoms with Gasteiger partial charge in [-0.2, -0.15) is 0 Å². The van der Waals surface area contributed by atoms with Crippen molar-refractivity contribution < 1.29 is 23.1 Å². The molecule has 0 aromatic heterocycles. The third kappa shape index (κ3) is 6.19. The fourth-order valence-corrected chi connectivity index (χ4v) is 2.98. The third-order valence-electron chi connectivity index (χ3n) is 2.81. The molecule has 1 N–H and O–H groups in total. The largest absolute Gasteiger partial charge is 0.455 e. The van der Waals surface area contributed by atoms with Crippen molar-refractivity contribution in [2.24, 2.45) is 0 Å². The maximum atomic E-state index is 13.4. The van der Waals surface area contributed by atoms with Gasteiger partial charge in [-0.25, -0.2) is 8.78 Å². The van der Waals surface area contributed by atoms with Crippen LogP contribution < -0.4 is 5.32 Å². The third-order valence-corrected chi connectivity index (χ3v) is 4.51. The summed E-state index contributed by atoms with van der Waals surface area (Å²) in [5, 5.41) is 3.09. The number of nitrogens with one attached hydrogen (secondary N) is 1. The summed E-state index contributed by atoms with van der Waals surface area (Å²) in [6.07, 6.45) is 0. The van der Waals surface area contributed by atoms with Gasteiger partial charge in [-0.05, 0) is 30.3 Å². The van der Waals surface area contributed by atoms with Crippen molar-refractivity contribution in [1.82, 2.24) is 0 Å². The molecular formula is C16H11Cl2F2NO3S. The molecule has 2 rings (SSSR count). The normalized spacial score (nSPS) is 10.4. The number of carbonyl (C=O) groups excluding carboxylic acids is 2. The number of anilines is 1. The minimum Gasteiger partial charge on any atom is -0.455 e. The molecule has 0 heterocycles. The highest BCUT2D eigenvalue weighted by Gasteiger charge is 2.12. The Morgan fingerprint density at radius 3 is 2.60 bits per heavy atom. The van der Waals surface area contributed by atoms with Gasteiger partial charge < -0.3 is 10.1 Å². The molecule has 2 aromatic rings. The van der Waals surface area contributed by atoms with Gasteiger partial charge in [0, 0.05) is 16.0 Å². The summed E-state index contributed by atoms with van der Waals surface area (Å²) in [6.45, 7) is -0.598. The maximum absolute atomic E-state index is 13.4. The minimum atomic E-state index is -0.925. The maximum Gasteiger partial charge on any atom is 0.316 e. The van der Waals surface area contributed by atoms with Gasteiger partial charge in [0.25, 0.3) is 5.91 Å². The molecule has 0 atom stereocenters. The average molecular weight is 406 g/mol. The van der Waals surface area contributed by atoms with Crippen molar-refractivity contribution >= 4 is 52.5 Å². The fraction of sp³-hybridized carbons (Fsp3) is 0.125. The average Bonchev–Trinajstić information content (AvgIpc) is 2.56. The summed E-state index contributed by atoms with van der Waals surface area (Å²) in [7, 11) is 0. The zero-order valence-electron chi connectivity index (χ0n) is 12.5. The lowest BCUT2D eigenvalue weighted by molar-refractivity contribution is -0.144. The van der Waals surface area contributed by atoms with Crippen LogP contribution in [0.25, 0.3) is 0 Å². The Hall–Kier alpha value is -1.83. The lowest BCUT2D eigenvalue weighted by Gasteiger charge is -2.08. The lowest BCUT2D eigenvalue weighted by atomic mass is 10.3. The van der Waals surface area contributed by atoms with Gasteiger partial charge in [0.05, 0.1) is 16.5 Å². The van der Waals surface area contributed by atoms with Crippen molar-refractivity contribution in [1.29, 1.82) is 0 Å². The molecule has 9 heteroatoms. The van der Waals surface area contributed by atoms with Gasteiger partial charge in [-0.1, -0.05) is 23.2 Å². The van der Waals surface area contributed by atoms with E-state index in [2.05, 4.69) is 5.32 Å². The smallest absolute Gasteiger partial charge is 0.316 e. The molecule has 4 nitrogen and oxygen atoms in total. The second kappa shape index (κ2) is 9.03. The first-order chi connectivity index (χ1) is 11.8. The monoisotopic (exact) mass is 405 g/mol. The standard InChI is InChI=1S/C16H11Cl2F2NO3S/c17-9-1-3-11(18)14(5-9)25-8-16(23)24-7-15(22)21-13-4-2-10(19)6-12(13)20/h1-6H,7-8H2,(H,21,22). The van der Waals surface area contributed by atoms with Gasteiger partial charge in [-0.3, -0.25) is 9.59 Å². The van der Waals surface area contributed by atoms with Crippen LogP contribution in [-0.4, -0.2) is 24.2 Å². The first-order valence-electron chi connectivity index (χ1n) is 6.83. The summed E-state index contributed by atoms with van der Waals surface area (Å²) >= 11 is 12.9. The number of thioether (sulfide) groups is 1. The van der Waals surface area contributed by atoms with Crippen LogP contribution in [0, 0.1) is 11.6 Å². The number of hydrogen-bond acceptors (Lipinski definition) is 4. The molecule has 132 valence electrons. The summed E-state index contributed by atoms with van der Waals surface area (Å²) < 4.78 is 31.0. The van der Waals surface area contributed by atoms with Crippen molar-refractivity contribution in [3.63, 3.8) is 0 Å². The first-order valence-corrected chi connectivity index (χ1v) is 8.57. The Kier molecular flexibility index (Phi) is 7.04. The van der Waals surface area contributed by atoms with E-state index in [4.69, 9.17) is 27.9 Å². The number of ether oxygens (including phenoxy) is 1. The summed E-state index contributed by atoms with van der Waals surface area (Å²) in [6, 6.07) is 7.52. The van der Waals surface area contributed by atoms with Crippen LogP contribution in [0.2, 0.25) is 10.0 Å². The van der Waals surface area contributed by atoms with Crippen molar-refractivity contribution in [3.05, 3.63) is 58.1 Å². The van der Waals surface area contributed by atoms with E-state index in [0.29, 0.717) is 21.0 Å². The molecule has 2 aromatic carbocycles. The number of halogens is 4. The van der Waals surface area contributed by atoms with E-state index in [9.17, 15) is 18.4 Å². The van der Waals surface area contributed by atoms with Crippen LogP contribution in [0.15, 0.2) is 41.3 Å². The molecule has 0 spiro atoms. The number of esters is 1. The fourth-order valence-electron chi connectivity index (χ4n) is 1.69. The van der Waals surface area contributed by atoms with E-state index < -0.39 is 30.1 Å². The Balaban J connectivity index is 1.79. The molecule has 0 fully saturated rings. The highest BCUT2D eigenvalue weighted by Crippen LogP contribution is 2.29. The first kappa shape index (κ1) is 19.5. The number of amides is 1. The van der Waals surface area contributed by atoms with Crippen LogP contribution in [0.5, 0.6) is 0 Å². The predicted octanol–water partition coefficient (Wildman–Crippen LogP) is 4.55. The van der Waals surface area contributed by atoms with Gasteiger partial charge >= 0.3 is 5.97 Å². The van der Waals surface area contributed by atoms with Crippen LogP contribution >= 0.6 is 35.0 Å². The molecule has 0 bridgehead atoms. The number of carbonyl (C=O) groups is 2. The van der Waals surface area contributed by atoms with E-state index in [1.807, 2.05) is 0 Å². The van der Waals surface area contributed by atoms with Crippen LogP contribution in [0.1, 0.15) is 0 Å². The lowest BCUT2D eigenvalue weighted by Crippen LogP contribution is -2.22. The minimum absolute atomic E-state index is 0.0851. The zero-order chi connectivity index (χ0) is 18.4. The second-order valence-corrected chi connectivity index (χ2v) is 6.56. The molecule has 0 aliphatic rings. The Morgan fingerprint density at radius 2 is 1.88 bits per heavy atom. The van der Waals surface area contributed by atoms with E-state index >= 15 is 0 Å². The molecular weight excluding hydrogens is 395 g/mol. The molecule has 0 saturated heterocycles. The zero-order valence-corrected chi connectivity index (χ0v) is 14.9. The Labute approximate surface area is 156 Å². The van der Waals surface area contributed by atoms with Crippen LogP contribution in [0.3, 0.4) is 0 Å². The van der Waals surface area contributed by atoms with Gasteiger partial charge in [0.15, 0.2) is 6.61 Å². The van der Waals surface area contributed by atoms with Crippen molar-refractivity contribution in [3.8, 4) is 0 Å². The predicted molar refractivity (Wildman–Crippen MR) is 93.1 cm³/mol. The highest BCUT2D eigenvalue weighted by atomic mass is 35.5. The number of benzene rings is 2. The van der Waals surface area contributed by atoms with Crippen molar-refractivity contribution in [2.75, 3.05) is 17.7 Å². The van der Waals surface area contributed by atoms with Crippen LogP contribution in [-0.2, 0) is 14.3 Å². The molecule has 25 heavy (non-hydrogen) atoms. The highest BCUT2D eigenvalue weighted by molar-refractivity contribution is 8.00. The topological polar surface area (TPSA) is 55.4 Å². The van der Waals surface area contributed by atoms with Gasteiger partial charge in [0.1, 0.15) is 11.6 Å². The molecule has 0 unspecified atom stereocenters. The molecule has 0 aliphatic carbocycles. The quantitative estimate of drug-likeness (QED) is 0.565. The molecule has 0 aliphatic heterocycles. The molecule has 0 saturated carbocycles. The van der Waals surface area contributed by atoms with E-state index in [-0.39, 0.29) is 11.4 Å². The van der Waals surface area contributed by atoms with Crippen LogP contribution in [0.4, 0.5) is 14.5 Å². The van der Waals surface area contributed by atoms with Gasteiger partial charge in [-0.15, -0.1) is 11.8 Å². The SMILES string of the molecule is O=C(COC(=O)CSc1cc(Cl)ccc1Cl)Nc1ccc(F)cc1F. The van der Waals surface area contributed by atoms with E-state index in [1.54, 1.807) is 18.2 Å². The number of rotatable bonds is 6. The van der Waals surface area contributed by atoms with Gasteiger partial charge in [0.2, 0.25) is 0 Å². The summed E-state index contributed by atoms with van der Waals surface area (Å²) in [5.74, 6) is -3.18. The molecule has 0 radical (unpaired) electrons. The summed E-state index contributed by atoms with van der Waals surface area (Å²) in [5.41, 5.74) is -0.206. The van der Waals surface area contributed by atoms with Crippen molar-refractivity contribution in [2.45, 2.75) is 4.90 Å². The Morgan fingerprint density at radius 1 is 1.12 bits per heavy atom.